The van der Waals surface area contributed by atoms with Gasteiger partial charge in [0.2, 0.25) is 11.8 Å². The summed E-state index contributed by atoms with van der Waals surface area (Å²) in [4.78, 5) is 12.8. The number of carbonyl (C=O) groups is 1. The summed E-state index contributed by atoms with van der Waals surface area (Å²) in [5.74, 6) is 0.414. The third-order valence-electron chi connectivity index (χ3n) is 4.56. The van der Waals surface area contributed by atoms with E-state index < -0.39 is 0 Å². The van der Waals surface area contributed by atoms with Gasteiger partial charge in [-0.1, -0.05) is 90.6 Å². The molecule has 1 unspecified atom stereocenters. The van der Waals surface area contributed by atoms with Crippen molar-refractivity contribution in [1.29, 1.82) is 0 Å². The molecule has 0 aliphatic heterocycles. The SMILES string of the molecule is CC(Sc1nnc(Cc2ccccc2)o1)C(=O)Nc1ccccc1-c1ccccc1. The molecule has 1 aromatic heterocycles. The average Bonchev–Trinajstić information content (AvgIpc) is 3.22. The molecular weight excluding hydrogens is 394 g/mol. The summed E-state index contributed by atoms with van der Waals surface area (Å²) in [7, 11) is 0. The molecule has 1 heterocycles. The second kappa shape index (κ2) is 9.41. The Kier molecular flexibility index (Phi) is 6.25. The van der Waals surface area contributed by atoms with Crippen molar-refractivity contribution in [2.24, 2.45) is 0 Å². The van der Waals surface area contributed by atoms with E-state index in [2.05, 4.69) is 15.5 Å². The lowest BCUT2D eigenvalue weighted by atomic mass is 10.0. The first-order valence-electron chi connectivity index (χ1n) is 9.67. The van der Waals surface area contributed by atoms with Crippen molar-refractivity contribution >= 4 is 23.4 Å². The fourth-order valence-electron chi connectivity index (χ4n) is 3.03. The van der Waals surface area contributed by atoms with Gasteiger partial charge in [0.05, 0.1) is 11.7 Å². The molecule has 1 N–H and O–H groups in total. The maximum Gasteiger partial charge on any atom is 0.277 e. The molecule has 0 fully saturated rings. The van der Waals surface area contributed by atoms with E-state index in [9.17, 15) is 4.79 Å². The van der Waals surface area contributed by atoms with E-state index in [0.29, 0.717) is 17.5 Å². The van der Waals surface area contributed by atoms with Gasteiger partial charge >= 0.3 is 0 Å². The lowest BCUT2D eigenvalue weighted by molar-refractivity contribution is -0.115. The van der Waals surface area contributed by atoms with Crippen molar-refractivity contribution in [2.75, 3.05) is 5.32 Å². The van der Waals surface area contributed by atoms with Crippen LogP contribution in [0.3, 0.4) is 0 Å². The number of rotatable bonds is 7. The predicted octanol–water partition coefficient (Wildman–Crippen LogP) is 5.45. The molecule has 150 valence electrons. The summed E-state index contributed by atoms with van der Waals surface area (Å²) in [5.41, 5.74) is 3.90. The number of nitrogens with one attached hydrogen (secondary N) is 1. The standard InChI is InChI=1S/C24H21N3O2S/c1-17(30-24-27-26-22(29-24)16-18-10-4-2-5-11-18)23(28)25-21-15-9-8-14-20(21)19-12-6-3-7-13-19/h2-15,17H,16H2,1H3,(H,25,28). The number of amides is 1. The molecule has 0 saturated heterocycles. The molecule has 0 spiro atoms. The normalized spacial score (nSPS) is 11.8. The smallest absolute Gasteiger partial charge is 0.277 e. The van der Waals surface area contributed by atoms with Gasteiger partial charge in [0, 0.05) is 11.3 Å². The summed E-state index contributed by atoms with van der Waals surface area (Å²) in [5, 5.41) is 11.2. The Morgan fingerprint density at radius 2 is 1.60 bits per heavy atom. The van der Waals surface area contributed by atoms with Crippen molar-refractivity contribution in [1.82, 2.24) is 10.2 Å². The van der Waals surface area contributed by atoms with E-state index in [1.54, 1.807) is 0 Å². The van der Waals surface area contributed by atoms with Crippen LogP contribution < -0.4 is 5.32 Å². The first-order chi connectivity index (χ1) is 14.7. The van der Waals surface area contributed by atoms with Crippen molar-refractivity contribution < 1.29 is 9.21 Å². The molecular formula is C24H21N3O2S. The number of para-hydroxylation sites is 1. The Bertz CT molecular complexity index is 1110. The van der Waals surface area contributed by atoms with Crippen LogP contribution in [0.15, 0.2) is 94.6 Å². The van der Waals surface area contributed by atoms with Crippen LogP contribution >= 0.6 is 11.8 Å². The fourth-order valence-corrected chi connectivity index (χ4v) is 3.73. The van der Waals surface area contributed by atoms with Crippen LogP contribution in [0.4, 0.5) is 5.69 Å². The zero-order chi connectivity index (χ0) is 20.8. The first-order valence-corrected chi connectivity index (χ1v) is 10.6. The fraction of sp³-hybridized carbons (Fsp3) is 0.125. The van der Waals surface area contributed by atoms with E-state index in [0.717, 1.165) is 22.4 Å². The van der Waals surface area contributed by atoms with Gasteiger partial charge < -0.3 is 9.73 Å². The molecule has 1 atom stereocenters. The van der Waals surface area contributed by atoms with Gasteiger partial charge in [-0.2, -0.15) is 0 Å². The van der Waals surface area contributed by atoms with Crippen LogP contribution in [-0.2, 0) is 11.2 Å². The predicted molar refractivity (Wildman–Crippen MR) is 119 cm³/mol. The van der Waals surface area contributed by atoms with Gasteiger partial charge in [-0.15, -0.1) is 10.2 Å². The number of benzene rings is 3. The summed E-state index contributed by atoms with van der Waals surface area (Å²) in [6.45, 7) is 1.83. The van der Waals surface area contributed by atoms with E-state index in [1.807, 2.05) is 91.9 Å². The third kappa shape index (κ3) is 4.96. The van der Waals surface area contributed by atoms with Crippen molar-refractivity contribution in [2.45, 2.75) is 23.8 Å². The average molecular weight is 416 g/mol. The summed E-state index contributed by atoms with van der Waals surface area (Å²) >= 11 is 1.25. The van der Waals surface area contributed by atoms with Crippen LogP contribution in [0, 0.1) is 0 Å². The summed E-state index contributed by atoms with van der Waals surface area (Å²) in [6.07, 6.45) is 0.569. The summed E-state index contributed by atoms with van der Waals surface area (Å²) < 4.78 is 5.71. The highest BCUT2D eigenvalue weighted by molar-refractivity contribution is 8.00. The maximum absolute atomic E-state index is 12.8. The van der Waals surface area contributed by atoms with Crippen LogP contribution in [-0.4, -0.2) is 21.4 Å². The van der Waals surface area contributed by atoms with Crippen LogP contribution in [0.2, 0.25) is 0 Å². The number of aromatic nitrogens is 2. The number of anilines is 1. The van der Waals surface area contributed by atoms with Crippen molar-refractivity contribution in [3.63, 3.8) is 0 Å². The lowest BCUT2D eigenvalue weighted by Crippen LogP contribution is -2.22. The second-order valence-electron chi connectivity index (χ2n) is 6.79. The highest BCUT2D eigenvalue weighted by Gasteiger charge is 2.19. The van der Waals surface area contributed by atoms with Crippen molar-refractivity contribution in [3.8, 4) is 11.1 Å². The molecule has 5 nitrogen and oxygen atoms in total. The number of thioether (sulfide) groups is 1. The second-order valence-corrected chi connectivity index (χ2v) is 8.08. The van der Waals surface area contributed by atoms with E-state index >= 15 is 0 Å². The van der Waals surface area contributed by atoms with E-state index in [-0.39, 0.29) is 11.2 Å². The Morgan fingerprint density at radius 3 is 2.37 bits per heavy atom. The zero-order valence-electron chi connectivity index (χ0n) is 16.5. The van der Waals surface area contributed by atoms with Gasteiger partial charge in [0.1, 0.15) is 0 Å². The molecule has 3 aromatic carbocycles. The lowest BCUT2D eigenvalue weighted by Gasteiger charge is -2.14. The number of hydrogen-bond donors (Lipinski definition) is 1. The Morgan fingerprint density at radius 1 is 0.933 bits per heavy atom. The number of carbonyl (C=O) groups excluding carboxylic acids is 1. The number of nitrogens with zero attached hydrogens (tertiary/aromatic N) is 2. The molecule has 4 rings (SSSR count). The monoisotopic (exact) mass is 415 g/mol. The Hall–Kier alpha value is -3.38. The Labute approximate surface area is 179 Å². The maximum atomic E-state index is 12.8. The summed E-state index contributed by atoms with van der Waals surface area (Å²) in [6, 6.07) is 27.7. The molecule has 6 heteroatoms. The van der Waals surface area contributed by atoms with Crippen LogP contribution in [0.5, 0.6) is 0 Å². The molecule has 0 bridgehead atoms. The molecule has 30 heavy (non-hydrogen) atoms. The van der Waals surface area contributed by atoms with Crippen molar-refractivity contribution in [3.05, 3.63) is 96.4 Å². The first kappa shape index (κ1) is 19.9. The Balaban J connectivity index is 1.41. The van der Waals surface area contributed by atoms with Gasteiger partial charge in [-0.25, -0.2) is 0 Å². The van der Waals surface area contributed by atoms with Gasteiger partial charge in [-0.3, -0.25) is 4.79 Å². The topological polar surface area (TPSA) is 68.0 Å². The molecule has 0 saturated carbocycles. The molecule has 4 aromatic rings. The van der Waals surface area contributed by atoms with Gasteiger partial charge in [-0.05, 0) is 24.1 Å². The minimum atomic E-state index is -0.390. The highest BCUT2D eigenvalue weighted by atomic mass is 32.2. The number of hydrogen-bond acceptors (Lipinski definition) is 5. The third-order valence-corrected chi connectivity index (χ3v) is 5.50. The van der Waals surface area contributed by atoms with Gasteiger partial charge in [0.25, 0.3) is 5.22 Å². The minimum Gasteiger partial charge on any atom is -0.416 e. The molecule has 0 radical (unpaired) electrons. The zero-order valence-corrected chi connectivity index (χ0v) is 17.3. The molecule has 0 aliphatic rings. The highest BCUT2D eigenvalue weighted by Crippen LogP contribution is 2.29. The minimum absolute atomic E-state index is 0.119. The van der Waals surface area contributed by atoms with Gasteiger partial charge in [0.15, 0.2) is 0 Å². The van der Waals surface area contributed by atoms with Crippen LogP contribution in [0.1, 0.15) is 18.4 Å². The van der Waals surface area contributed by atoms with Crippen LogP contribution in [0.25, 0.3) is 11.1 Å². The molecule has 1 amide bonds. The van der Waals surface area contributed by atoms with E-state index in [1.165, 1.54) is 11.8 Å². The molecule has 0 aliphatic carbocycles. The largest absolute Gasteiger partial charge is 0.416 e. The van der Waals surface area contributed by atoms with E-state index in [4.69, 9.17) is 4.42 Å². The quantitative estimate of drug-likeness (QED) is 0.407.